The number of fused-ring (bicyclic) bond motifs is 6. The Bertz CT molecular complexity index is 3200. The molecule has 4 aromatic carbocycles. The van der Waals surface area contributed by atoms with E-state index in [-0.39, 0.29) is 0 Å². The predicted molar refractivity (Wildman–Crippen MR) is 252 cm³/mol. The fraction of sp³-hybridized carbons (Fsp3) is 0. The van der Waals surface area contributed by atoms with Gasteiger partial charge in [0.05, 0.1) is 61.7 Å². The first-order chi connectivity index (χ1) is 30.7. The maximum Gasteiger partial charge on any atom is 0.0964 e. The Hall–Kier alpha value is -8.62. The quantitative estimate of drug-likeness (QED) is 0.163. The summed E-state index contributed by atoms with van der Waals surface area (Å²) >= 11 is 0. The summed E-state index contributed by atoms with van der Waals surface area (Å²) in [5, 5.41) is 5.73. The summed E-state index contributed by atoms with van der Waals surface area (Å²) in [7, 11) is 0. The van der Waals surface area contributed by atoms with Crippen LogP contribution in [0.2, 0.25) is 0 Å². The largest absolute Gasteiger partial charge is 0.255 e. The highest BCUT2D eigenvalue weighted by atomic mass is 14.8. The number of nitrogens with zero attached hydrogens (tertiary/aromatic N) is 8. The van der Waals surface area contributed by atoms with E-state index in [2.05, 4.69) is 101 Å². The molecule has 8 heteroatoms. The molecule has 0 saturated heterocycles. The zero-order valence-electron chi connectivity index (χ0n) is 33.5. The molecule has 0 radical (unpaired) electrons. The van der Waals surface area contributed by atoms with Crippen molar-refractivity contribution in [2.45, 2.75) is 0 Å². The van der Waals surface area contributed by atoms with Crippen molar-refractivity contribution in [3.8, 4) is 34.2 Å². The van der Waals surface area contributed by atoms with E-state index in [1.54, 1.807) is 31.0 Å². The first kappa shape index (κ1) is 38.9. The predicted octanol–water partition coefficient (Wildman–Crippen LogP) is 12.7. The van der Waals surface area contributed by atoms with Gasteiger partial charge >= 0.3 is 0 Å². The van der Waals surface area contributed by atoms with Gasteiger partial charge in [-0.25, -0.2) is 15.0 Å². The van der Waals surface area contributed by atoms with Gasteiger partial charge in [-0.1, -0.05) is 115 Å². The minimum absolute atomic E-state index is 0.910. The molecule has 0 bridgehead atoms. The molecular formula is C54H38N8. The molecule has 0 amide bonds. The van der Waals surface area contributed by atoms with Crippen LogP contribution in [0.3, 0.4) is 0 Å². The van der Waals surface area contributed by atoms with Gasteiger partial charge in [-0.3, -0.25) is 24.9 Å². The van der Waals surface area contributed by atoms with Gasteiger partial charge in [0.15, 0.2) is 0 Å². The van der Waals surface area contributed by atoms with E-state index in [9.17, 15) is 0 Å². The summed E-state index contributed by atoms with van der Waals surface area (Å²) in [5.74, 6) is 0. The van der Waals surface area contributed by atoms with Crippen molar-refractivity contribution in [1.82, 2.24) is 39.9 Å². The molecule has 62 heavy (non-hydrogen) atoms. The molecule has 0 atom stereocenters. The van der Waals surface area contributed by atoms with E-state index in [0.29, 0.717) is 0 Å². The molecule has 0 spiro atoms. The topological polar surface area (TPSA) is 103 Å². The number of aromatic nitrogens is 8. The van der Waals surface area contributed by atoms with Crippen molar-refractivity contribution in [2.75, 3.05) is 0 Å². The maximum absolute atomic E-state index is 4.69. The Balaban J connectivity index is 0.000000107. The minimum Gasteiger partial charge on any atom is -0.255 e. The molecule has 12 aromatic rings. The summed E-state index contributed by atoms with van der Waals surface area (Å²) in [6.45, 7) is 0. The molecular weight excluding hydrogens is 761 g/mol. The van der Waals surface area contributed by atoms with Gasteiger partial charge in [0.2, 0.25) is 0 Å². The smallest absolute Gasteiger partial charge is 0.0964 e. The maximum atomic E-state index is 4.69. The lowest BCUT2D eigenvalue weighted by atomic mass is 10.1. The third kappa shape index (κ3) is 9.31. The average Bonchev–Trinajstić information content (AvgIpc) is 3.37. The first-order valence-corrected chi connectivity index (χ1v) is 20.2. The van der Waals surface area contributed by atoms with Crippen molar-refractivity contribution >= 4 is 54.5 Å². The molecule has 8 nitrogen and oxygen atoms in total. The van der Waals surface area contributed by atoms with Crippen LogP contribution in [0, 0.1) is 0 Å². The molecule has 0 aliphatic heterocycles. The molecule has 8 heterocycles. The van der Waals surface area contributed by atoms with Crippen molar-refractivity contribution in [2.24, 2.45) is 0 Å². The van der Waals surface area contributed by atoms with Gasteiger partial charge < -0.3 is 0 Å². The van der Waals surface area contributed by atoms with Gasteiger partial charge in [-0.2, -0.15) is 0 Å². The first-order valence-electron chi connectivity index (χ1n) is 20.2. The monoisotopic (exact) mass is 798 g/mol. The number of benzene rings is 4. The van der Waals surface area contributed by atoms with E-state index in [1.807, 2.05) is 140 Å². The van der Waals surface area contributed by atoms with Crippen molar-refractivity contribution < 1.29 is 0 Å². The fourth-order valence-corrected chi connectivity index (χ4v) is 6.85. The zero-order chi connectivity index (χ0) is 41.8. The SMILES string of the molecule is c1ccc(-c2ccc3ccccc3n2)nc1.c1ccc(-c2ccccn2)nc1.c1ccc2nc(-c3ccc4ccccc4n3)ccc2c1.c1cnc2c(c1)ccc1cccnc12. The number of rotatable bonds is 3. The summed E-state index contributed by atoms with van der Waals surface area (Å²) in [4.78, 5) is 35.3. The van der Waals surface area contributed by atoms with Crippen LogP contribution in [-0.2, 0) is 0 Å². The van der Waals surface area contributed by atoms with Gasteiger partial charge in [0, 0.05) is 57.9 Å². The van der Waals surface area contributed by atoms with Gasteiger partial charge in [-0.05, 0) is 84.9 Å². The van der Waals surface area contributed by atoms with Crippen molar-refractivity contribution in [3.05, 3.63) is 231 Å². The number of hydrogen-bond acceptors (Lipinski definition) is 8. The minimum atomic E-state index is 0.910. The Morgan fingerprint density at radius 3 is 0.855 bits per heavy atom. The van der Waals surface area contributed by atoms with Crippen LogP contribution in [0.1, 0.15) is 0 Å². The molecule has 0 aliphatic carbocycles. The molecule has 0 saturated carbocycles. The molecule has 0 unspecified atom stereocenters. The highest BCUT2D eigenvalue weighted by molar-refractivity contribution is 6.02. The van der Waals surface area contributed by atoms with Crippen molar-refractivity contribution in [1.29, 1.82) is 0 Å². The van der Waals surface area contributed by atoms with Crippen LogP contribution in [-0.4, -0.2) is 39.9 Å². The molecule has 0 N–H and O–H groups in total. The Morgan fingerprint density at radius 1 is 0.194 bits per heavy atom. The Labute approximate surface area is 358 Å². The second-order valence-electron chi connectivity index (χ2n) is 14.0. The van der Waals surface area contributed by atoms with Crippen LogP contribution >= 0.6 is 0 Å². The van der Waals surface area contributed by atoms with Crippen molar-refractivity contribution in [3.63, 3.8) is 0 Å². The average molecular weight is 799 g/mol. The highest BCUT2D eigenvalue weighted by Gasteiger charge is 2.05. The molecule has 12 rings (SSSR count). The van der Waals surface area contributed by atoms with E-state index in [4.69, 9.17) is 0 Å². The normalized spacial score (nSPS) is 10.6. The fourth-order valence-electron chi connectivity index (χ4n) is 6.85. The number of para-hydroxylation sites is 3. The van der Waals surface area contributed by atoms with Crippen LogP contribution in [0.5, 0.6) is 0 Å². The summed E-state index contributed by atoms with van der Waals surface area (Å²) in [6, 6.07) is 66.3. The lowest BCUT2D eigenvalue weighted by molar-refractivity contribution is 1.25. The zero-order valence-corrected chi connectivity index (χ0v) is 33.5. The lowest BCUT2D eigenvalue weighted by Crippen LogP contribution is -1.89. The highest BCUT2D eigenvalue weighted by Crippen LogP contribution is 2.23. The molecule has 8 aromatic heterocycles. The lowest BCUT2D eigenvalue weighted by Gasteiger charge is -2.04. The number of hydrogen-bond donors (Lipinski definition) is 0. The van der Waals surface area contributed by atoms with E-state index >= 15 is 0 Å². The van der Waals surface area contributed by atoms with Gasteiger partial charge in [0.1, 0.15) is 0 Å². The molecule has 0 fully saturated rings. The second kappa shape index (κ2) is 19.0. The van der Waals surface area contributed by atoms with Gasteiger partial charge in [0.25, 0.3) is 0 Å². The van der Waals surface area contributed by atoms with Crippen LogP contribution in [0.4, 0.5) is 0 Å². The number of pyridine rings is 8. The second-order valence-corrected chi connectivity index (χ2v) is 14.0. The van der Waals surface area contributed by atoms with E-state index < -0.39 is 0 Å². The summed E-state index contributed by atoms with van der Waals surface area (Å²) in [5.41, 5.74) is 10.4. The van der Waals surface area contributed by atoms with Crippen LogP contribution in [0.25, 0.3) is 88.7 Å². The van der Waals surface area contributed by atoms with E-state index in [0.717, 1.165) is 88.7 Å². The van der Waals surface area contributed by atoms with E-state index in [1.165, 1.54) is 0 Å². The third-order valence-corrected chi connectivity index (χ3v) is 9.92. The standard InChI is InChI=1S/C18H12N2.C14H10N2.C12H8N2.C10H8N2/c1-3-7-15-13(5-1)9-11-17(19-15)18-12-10-14-6-2-4-8-16(14)20-18;1-2-6-12-11(5-1)8-9-14(16-12)13-7-3-4-10-15-13;1-3-9-5-6-10-4-2-8-14-12(10)11(9)13-7-1;1-3-7-11-9(5-1)10-6-2-4-8-12-10/h1-12H;1-10H;1-8H;1-8H. The summed E-state index contributed by atoms with van der Waals surface area (Å²) in [6.07, 6.45) is 8.92. The van der Waals surface area contributed by atoms with Crippen LogP contribution in [0.15, 0.2) is 231 Å². The Morgan fingerprint density at radius 2 is 0.484 bits per heavy atom. The molecule has 294 valence electrons. The Kier molecular flexibility index (Phi) is 11.9. The van der Waals surface area contributed by atoms with Gasteiger partial charge in [-0.15, -0.1) is 0 Å². The summed E-state index contributed by atoms with van der Waals surface area (Å²) < 4.78 is 0. The third-order valence-electron chi connectivity index (χ3n) is 9.92. The molecule has 0 aliphatic rings. The van der Waals surface area contributed by atoms with Crippen LogP contribution < -0.4 is 0 Å².